The van der Waals surface area contributed by atoms with Crippen molar-refractivity contribution in [2.24, 2.45) is 0 Å². The second-order valence-electron chi connectivity index (χ2n) is 3.63. The summed E-state index contributed by atoms with van der Waals surface area (Å²) in [5.74, 6) is -5.91. The molecule has 0 aliphatic carbocycles. The summed E-state index contributed by atoms with van der Waals surface area (Å²) in [6, 6.07) is 8.52. The summed E-state index contributed by atoms with van der Waals surface area (Å²) in [5, 5.41) is 0. The van der Waals surface area contributed by atoms with Crippen LogP contribution in [0, 0.1) is 0 Å². The van der Waals surface area contributed by atoms with E-state index in [4.69, 9.17) is 0 Å². The van der Waals surface area contributed by atoms with Crippen LogP contribution >= 0.6 is 0 Å². The standard InChI is InChI=1S/C12H10F2O4S/c13-12(14)11(17)10(16)9(15)7-19(18)6-8-4-2-1-3-5-8/h1-5,12H,6-7H2. The Hall–Kier alpha value is -1.76. The summed E-state index contributed by atoms with van der Waals surface area (Å²) in [6.07, 6.45) is -3.51. The Labute approximate surface area is 110 Å². The molecule has 7 heteroatoms. The maximum absolute atomic E-state index is 11.9. The van der Waals surface area contributed by atoms with E-state index in [2.05, 4.69) is 0 Å². The molecule has 0 saturated carbocycles. The number of halogens is 2. The van der Waals surface area contributed by atoms with Crippen LogP contribution in [-0.2, 0) is 30.9 Å². The minimum atomic E-state index is -3.51. The molecular weight excluding hydrogens is 278 g/mol. The minimum Gasteiger partial charge on any atom is -0.289 e. The van der Waals surface area contributed by atoms with E-state index in [1.54, 1.807) is 30.3 Å². The van der Waals surface area contributed by atoms with E-state index < -0.39 is 40.3 Å². The van der Waals surface area contributed by atoms with Crippen LogP contribution in [0.2, 0.25) is 0 Å². The molecule has 1 unspecified atom stereocenters. The summed E-state index contributed by atoms with van der Waals surface area (Å²) in [7, 11) is -1.72. The van der Waals surface area contributed by atoms with E-state index in [9.17, 15) is 27.4 Å². The fourth-order valence-electron chi connectivity index (χ4n) is 1.26. The second-order valence-corrected chi connectivity index (χ2v) is 5.09. The van der Waals surface area contributed by atoms with Gasteiger partial charge in [0.2, 0.25) is 5.78 Å². The molecule has 1 atom stereocenters. The normalized spacial score (nSPS) is 12.2. The third-order valence-corrected chi connectivity index (χ3v) is 3.38. The molecule has 19 heavy (non-hydrogen) atoms. The van der Waals surface area contributed by atoms with Gasteiger partial charge >= 0.3 is 6.43 Å². The van der Waals surface area contributed by atoms with Gasteiger partial charge in [-0.1, -0.05) is 30.3 Å². The molecule has 0 radical (unpaired) electrons. The van der Waals surface area contributed by atoms with E-state index in [0.29, 0.717) is 5.56 Å². The average molecular weight is 288 g/mol. The number of carbonyl (C=O) groups is 3. The molecule has 0 amide bonds. The molecule has 0 bridgehead atoms. The van der Waals surface area contributed by atoms with E-state index >= 15 is 0 Å². The minimum absolute atomic E-state index is 0.0166. The first-order valence-electron chi connectivity index (χ1n) is 5.20. The molecule has 0 fully saturated rings. The van der Waals surface area contributed by atoms with Gasteiger partial charge in [0.1, 0.15) is 0 Å². The lowest BCUT2D eigenvalue weighted by Gasteiger charge is -2.01. The summed E-state index contributed by atoms with van der Waals surface area (Å²) >= 11 is 0. The van der Waals surface area contributed by atoms with Crippen molar-refractivity contribution >= 4 is 28.1 Å². The van der Waals surface area contributed by atoms with Gasteiger partial charge in [0.05, 0.1) is 5.75 Å². The zero-order chi connectivity index (χ0) is 14.4. The third-order valence-electron chi connectivity index (χ3n) is 2.14. The molecular formula is C12H10F2O4S. The van der Waals surface area contributed by atoms with Crippen LogP contribution in [0.15, 0.2) is 30.3 Å². The van der Waals surface area contributed by atoms with Crippen molar-refractivity contribution in [3.8, 4) is 0 Å². The highest BCUT2D eigenvalue weighted by Gasteiger charge is 2.30. The summed E-state index contributed by atoms with van der Waals surface area (Å²) in [5.41, 5.74) is 0.682. The van der Waals surface area contributed by atoms with E-state index in [1.165, 1.54) is 0 Å². The van der Waals surface area contributed by atoms with Gasteiger partial charge in [0.25, 0.3) is 11.6 Å². The van der Waals surface area contributed by atoms with Gasteiger partial charge in [-0.3, -0.25) is 18.6 Å². The molecule has 4 nitrogen and oxygen atoms in total. The first-order chi connectivity index (χ1) is 8.91. The highest BCUT2D eigenvalue weighted by atomic mass is 32.2. The maximum Gasteiger partial charge on any atom is 0.304 e. The molecule has 0 N–H and O–H groups in total. The lowest BCUT2D eigenvalue weighted by atomic mass is 10.2. The predicted molar refractivity (Wildman–Crippen MR) is 64.2 cm³/mol. The monoisotopic (exact) mass is 288 g/mol. The molecule has 102 valence electrons. The first kappa shape index (κ1) is 15.3. The molecule has 0 aliphatic heterocycles. The molecule has 0 aromatic heterocycles. The molecule has 1 aromatic carbocycles. The van der Waals surface area contributed by atoms with Crippen LogP contribution in [0.5, 0.6) is 0 Å². The van der Waals surface area contributed by atoms with Gasteiger partial charge in [0, 0.05) is 16.6 Å². The Kier molecular flexibility index (Phi) is 5.62. The summed E-state index contributed by atoms with van der Waals surface area (Å²) in [4.78, 5) is 32.8. The lowest BCUT2D eigenvalue weighted by molar-refractivity contribution is -0.147. The smallest absolute Gasteiger partial charge is 0.289 e. The summed E-state index contributed by atoms with van der Waals surface area (Å²) < 4.78 is 35.4. The van der Waals surface area contributed by atoms with Crippen LogP contribution in [0.25, 0.3) is 0 Å². The highest BCUT2D eigenvalue weighted by Crippen LogP contribution is 2.04. The van der Waals surface area contributed by atoms with Gasteiger partial charge in [0.15, 0.2) is 0 Å². The average Bonchev–Trinajstić information content (AvgIpc) is 2.37. The fraction of sp³-hybridized carbons (Fsp3) is 0.250. The van der Waals surface area contributed by atoms with Gasteiger partial charge in [-0.25, -0.2) is 8.78 Å². The van der Waals surface area contributed by atoms with Gasteiger partial charge in [-0.2, -0.15) is 0 Å². The van der Waals surface area contributed by atoms with E-state index in [1.807, 2.05) is 0 Å². The van der Waals surface area contributed by atoms with Crippen molar-refractivity contribution in [3.05, 3.63) is 35.9 Å². The number of alkyl halides is 2. The number of ketones is 3. The van der Waals surface area contributed by atoms with Crippen molar-refractivity contribution in [2.45, 2.75) is 12.2 Å². The van der Waals surface area contributed by atoms with Gasteiger partial charge < -0.3 is 0 Å². The van der Waals surface area contributed by atoms with Crippen molar-refractivity contribution in [1.82, 2.24) is 0 Å². The van der Waals surface area contributed by atoms with Crippen LogP contribution in [-0.4, -0.2) is 33.7 Å². The van der Waals surface area contributed by atoms with E-state index in [-0.39, 0.29) is 5.75 Å². The quantitative estimate of drug-likeness (QED) is 0.552. The molecule has 0 aliphatic rings. The van der Waals surface area contributed by atoms with Crippen molar-refractivity contribution in [2.75, 3.05) is 5.75 Å². The maximum atomic E-state index is 11.9. The van der Waals surface area contributed by atoms with Crippen LogP contribution < -0.4 is 0 Å². The SMILES string of the molecule is O=C(CS(=O)Cc1ccccc1)C(=O)C(=O)C(F)F. The largest absolute Gasteiger partial charge is 0.304 e. The Morgan fingerprint density at radius 1 is 1.11 bits per heavy atom. The fourth-order valence-corrected chi connectivity index (χ4v) is 2.35. The van der Waals surface area contributed by atoms with Crippen molar-refractivity contribution in [1.29, 1.82) is 0 Å². The Balaban J connectivity index is 2.56. The molecule has 1 aromatic rings. The van der Waals surface area contributed by atoms with Gasteiger partial charge in [-0.15, -0.1) is 0 Å². The number of hydrogen-bond donors (Lipinski definition) is 0. The lowest BCUT2D eigenvalue weighted by Crippen LogP contribution is -2.32. The van der Waals surface area contributed by atoms with E-state index in [0.717, 1.165) is 0 Å². The van der Waals surface area contributed by atoms with Crippen molar-refractivity contribution < 1.29 is 27.4 Å². The van der Waals surface area contributed by atoms with Gasteiger partial charge in [-0.05, 0) is 5.56 Å². The number of rotatable bonds is 7. The Bertz CT molecular complexity index is 514. The first-order valence-corrected chi connectivity index (χ1v) is 6.69. The van der Waals surface area contributed by atoms with Crippen LogP contribution in [0.3, 0.4) is 0 Å². The second kappa shape index (κ2) is 6.98. The topological polar surface area (TPSA) is 68.3 Å². The third kappa shape index (κ3) is 4.78. The molecule has 0 spiro atoms. The van der Waals surface area contributed by atoms with Crippen LogP contribution in [0.1, 0.15) is 5.56 Å². The number of benzene rings is 1. The Morgan fingerprint density at radius 2 is 1.68 bits per heavy atom. The van der Waals surface area contributed by atoms with Crippen molar-refractivity contribution in [3.63, 3.8) is 0 Å². The predicted octanol–water partition coefficient (Wildman–Crippen LogP) is 0.908. The zero-order valence-corrected chi connectivity index (χ0v) is 10.5. The summed E-state index contributed by atoms with van der Waals surface area (Å²) in [6.45, 7) is 0. The number of hydrogen-bond acceptors (Lipinski definition) is 4. The number of Topliss-reactive ketones (excluding diaryl/α,β-unsaturated/α-hetero) is 3. The molecule has 0 saturated heterocycles. The number of carbonyl (C=O) groups excluding carboxylic acids is 3. The molecule has 1 rings (SSSR count). The highest BCUT2D eigenvalue weighted by molar-refractivity contribution is 7.85. The Morgan fingerprint density at radius 3 is 2.21 bits per heavy atom. The zero-order valence-electron chi connectivity index (χ0n) is 9.68. The van der Waals surface area contributed by atoms with Crippen LogP contribution in [0.4, 0.5) is 8.78 Å². The molecule has 0 heterocycles.